The maximum atomic E-state index is 14.7. The Labute approximate surface area is 364 Å². The third-order valence-electron chi connectivity index (χ3n) is 12.3. The fourth-order valence-electron chi connectivity index (χ4n) is 9.01. The molecule has 0 spiro atoms. The lowest BCUT2D eigenvalue weighted by Crippen LogP contribution is -2.30. The Morgan fingerprint density at radius 2 is 0.836 bits per heavy atom. The van der Waals surface area contributed by atoms with Crippen LogP contribution in [0.1, 0.15) is 152 Å². The minimum Gasteiger partial charge on any atom is -0.394 e. The van der Waals surface area contributed by atoms with E-state index in [-0.39, 0.29) is 23.7 Å². The van der Waals surface area contributed by atoms with Crippen molar-refractivity contribution in [3.63, 3.8) is 0 Å². The van der Waals surface area contributed by atoms with E-state index < -0.39 is 7.82 Å². The van der Waals surface area contributed by atoms with Gasteiger partial charge in [0.25, 0.3) is 0 Å². The predicted molar refractivity (Wildman–Crippen MR) is 257 cm³/mol. The molecule has 322 valence electrons. The molecular formula is C54H66NO5P. The zero-order valence-corrected chi connectivity index (χ0v) is 39.3. The molecule has 2 heterocycles. The van der Waals surface area contributed by atoms with Gasteiger partial charge in [0.1, 0.15) is 11.5 Å². The molecule has 61 heavy (non-hydrogen) atoms. The SMILES string of the molecule is C1COCCN1.CC(C)c1cc(C(C)C)c(-c2cc3ccccc3c3c2OP(=O)(O)Oc2c(-c4c(C(C)C)cc(C(C)C)cc4C(C)C)cc4ccccc4c2-3)c(C(C)C)c1. The molecule has 8 rings (SSSR count). The van der Waals surface area contributed by atoms with Crippen LogP contribution in [-0.2, 0) is 9.30 Å². The van der Waals surface area contributed by atoms with Crippen LogP contribution in [0.4, 0.5) is 0 Å². The highest BCUT2D eigenvalue weighted by Gasteiger charge is 2.39. The van der Waals surface area contributed by atoms with Gasteiger partial charge in [0.2, 0.25) is 0 Å². The minimum atomic E-state index is -4.75. The van der Waals surface area contributed by atoms with Crippen LogP contribution < -0.4 is 14.4 Å². The van der Waals surface area contributed by atoms with Crippen LogP contribution in [-0.4, -0.2) is 31.2 Å². The minimum absolute atomic E-state index is 0.189. The van der Waals surface area contributed by atoms with E-state index in [1.807, 2.05) is 12.1 Å². The van der Waals surface area contributed by atoms with E-state index in [2.05, 4.69) is 161 Å². The number of nitrogens with one attached hydrogen (secondary N) is 1. The summed E-state index contributed by atoms with van der Waals surface area (Å²) in [5.74, 6) is 2.21. The van der Waals surface area contributed by atoms with Gasteiger partial charge < -0.3 is 19.1 Å². The summed E-state index contributed by atoms with van der Waals surface area (Å²) in [6.45, 7) is 30.6. The molecule has 1 saturated heterocycles. The molecule has 0 bridgehead atoms. The molecule has 0 radical (unpaired) electrons. The van der Waals surface area contributed by atoms with Crippen molar-refractivity contribution in [2.45, 2.75) is 119 Å². The van der Waals surface area contributed by atoms with Gasteiger partial charge in [-0.25, -0.2) is 4.57 Å². The number of morpholine rings is 1. The van der Waals surface area contributed by atoms with Gasteiger partial charge in [0.05, 0.1) is 13.2 Å². The third kappa shape index (κ3) is 8.93. The van der Waals surface area contributed by atoms with Crippen LogP contribution in [0, 0.1) is 0 Å². The molecule has 0 saturated carbocycles. The number of ether oxygens (including phenoxy) is 1. The average molecular weight is 840 g/mol. The van der Waals surface area contributed by atoms with Crippen LogP contribution in [0.5, 0.6) is 11.5 Å². The molecule has 0 amide bonds. The molecule has 7 heteroatoms. The van der Waals surface area contributed by atoms with Crippen LogP contribution in [0.25, 0.3) is 54.9 Å². The lowest BCUT2D eigenvalue weighted by molar-refractivity contribution is 0.109. The van der Waals surface area contributed by atoms with E-state index in [9.17, 15) is 9.46 Å². The first-order chi connectivity index (χ1) is 29.0. The molecule has 2 aliphatic rings. The standard InChI is InChI=1S/C50H57O4P.C4H9NO/c1-27(2)35-23-39(29(5)6)45(40(24-35)30(7)8)43-21-33-17-13-15-19-37(33)47-48-38-20-16-14-18-34(38)22-44(50(48)54-55(51,52)53-49(43)47)46-41(31(9)10)25-36(28(3)4)26-42(46)32(11)12;1-3-6-4-2-5-1/h13-32H,1-12H3,(H,51,52);5H,1-4H2. The summed E-state index contributed by atoms with van der Waals surface area (Å²) in [5.41, 5.74) is 12.7. The fourth-order valence-corrected chi connectivity index (χ4v) is 9.89. The number of hydrogen-bond acceptors (Lipinski definition) is 5. The summed E-state index contributed by atoms with van der Waals surface area (Å²) in [6, 6.07) is 30.3. The average Bonchev–Trinajstić information content (AvgIpc) is 3.36. The Hall–Kier alpha value is -4.45. The fraction of sp³-hybridized carbons (Fsp3) is 0.407. The smallest absolute Gasteiger partial charge is 0.394 e. The number of benzene rings is 6. The number of fused-ring (bicyclic) bond motifs is 7. The summed E-state index contributed by atoms with van der Waals surface area (Å²) in [4.78, 5) is 12.0. The Balaban J connectivity index is 0.000000861. The van der Waals surface area contributed by atoms with Crippen molar-refractivity contribution in [2.24, 2.45) is 0 Å². The van der Waals surface area contributed by atoms with Gasteiger partial charge >= 0.3 is 7.82 Å². The summed E-state index contributed by atoms with van der Waals surface area (Å²) in [5, 5.41) is 7.09. The molecule has 0 aliphatic carbocycles. The zero-order chi connectivity index (χ0) is 43.9. The summed E-state index contributed by atoms with van der Waals surface area (Å²) in [7, 11) is -4.75. The predicted octanol–water partition coefficient (Wildman–Crippen LogP) is 15.2. The highest BCUT2D eigenvalue weighted by atomic mass is 31.2. The summed E-state index contributed by atoms with van der Waals surface area (Å²) < 4.78 is 32.7. The molecular weight excluding hydrogens is 774 g/mol. The van der Waals surface area contributed by atoms with Gasteiger partial charge in [-0.1, -0.05) is 156 Å². The van der Waals surface area contributed by atoms with Crippen molar-refractivity contribution in [1.29, 1.82) is 0 Å². The molecule has 0 atom stereocenters. The first kappa shape index (κ1) is 44.6. The first-order valence-electron chi connectivity index (χ1n) is 22.5. The topological polar surface area (TPSA) is 77.0 Å². The second-order valence-electron chi connectivity index (χ2n) is 18.8. The van der Waals surface area contributed by atoms with E-state index >= 15 is 0 Å². The van der Waals surface area contributed by atoms with E-state index in [4.69, 9.17) is 13.8 Å². The van der Waals surface area contributed by atoms with Crippen LogP contribution in [0.3, 0.4) is 0 Å². The molecule has 2 N–H and O–H groups in total. The van der Waals surface area contributed by atoms with Crippen molar-refractivity contribution in [3.8, 4) is 44.9 Å². The molecule has 6 aromatic carbocycles. The molecule has 1 fully saturated rings. The Morgan fingerprint density at radius 1 is 0.492 bits per heavy atom. The monoisotopic (exact) mass is 839 g/mol. The molecule has 6 aromatic rings. The summed E-state index contributed by atoms with van der Waals surface area (Å²) >= 11 is 0. The molecule has 2 aliphatic heterocycles. The Bertz CT molecular complexity index is 2380. The van der Waals surface area contributed by atoms with Crippen LogP contribution in [0.15, 0.2) is 84.9 Å². The highest BCUT2D eigenvalue weighted by Crippen LogP contribution is 2.63. The third-order valence-corrected chi connectivity index (χ3v) is 13.1. The largest absolute Gasteiger partial charge is 0.584 e. The Kier molecular flexibility index (Phi) is 13.2. The quantitative estimate of drug-likeness (QED) is 0.149. The first-order valence-corrected chi connectivity index (χ1v) is 24.0. The van der Waals surface area contributed by atoms with E-state index in [0.29, 0.717) is 23.3 Å². The van der Waals surface area contributed by atoms with Crippen molar-refractivity contribution in [1.82, 2.24) is 5.32 Å². The van der Waals surface area contributed by atoms with Crippen molar-refractivity contribution in [3.05, 3.63) is 118 Å². The molecule has 6 nitrogen and oxygen atoms in total. The van der Waals surface area contributed by atoms with Crippen LogP contribution >= 0.6 is 7.82 Å². The molecule has 0 unspecified atom stereocenters. The lowest BCUT2D eigenvalue weighted by atomic mass is 9.78. The normalized spacial score (nSPS) is 14.9. The lowest BCUT2D eigenvalue weighted by Gasteiger charge is -2.26. The zero-order valence-electron chi connectivity index (χ0n) is 38.4. The van der Waals surface area contributed by atoms with Crippen LogP contribution in [0.2, 0.25) is 0 Å². The number of phosphoric ester groups is 1. The van der Waals surface area contributed by atoms with Gasteiger partial charge in [-0.3, -0.25) is 4.89 Å². The van der Waals surface area contributed by atoms with E-state index in [1.165, 1.54) is 33.4 Å². The Morgan fingerprint density at radius 3 is 1.11 bits per heavy atom. The van der Waals surface area contributed by atoms with Crippen molar-refractivity contribution >= 4 is 29.4 Å². The number of hydrogen-bond donors (Lipinski definition) is 2. The van der Waals surface area contributed by atoms with E-state index in [0.717, 1.165) is 81.2 Å². The molecule has 0 aromatic heterocycles. The number of phosphoric acid groups is 1. The second-order valence-corrected chi connectivity index (χ2v) is 20.1. The van der Waals surface area contributed by atoms with Gasteiger partial charge in [-0.2, -0.15) is 0 Å². The van der Waals surface area contributed by atoms with Crippen molar-refractivity contribution in [2.75, 3.05) is 26.3 Å². The second kappa shape index (κ2) is 18.1. The van der Waals surface area contributed by atoms with Crippen molar-refractivity contribution < 1.29 is 23.2 Å². The van der Waals surface area contributed by atoms with Gasteiger partial charge in [-0.05, 0) is 114 Å². The maximum absolute atomic E-state index is 14.7. The van der Waals surface area contributed by atoms with Gasteiger partial charge in [0, 0.05) is 35.3 Å². The van der Waals surface area contributed by atoms with Gasteiger partial charge in [-0.15, -0.1) is 0 Å². The van der Waals surface area contributed by atoms with Gasteiger partial charge in [0.15, 0.2) is 0 Å². The highest BCUT2D eigenvalue weighted by molar-refractivity contribution is 7.48. The number of rotatable bonds is 8. The summed E-state index contributed by atoms with van der Waals surface area (Å²) in [6.07, 6.45) is 0. The maximum Gasteiger partial charge on any atom is 0.584 e. The van der Waals surface area contributed by atoms with E-state index in [1.54, 1.807) is 0 Å².